The zero-order valence-electron chi connectivity index (χ0n) is 16.0. The number of aromatic nitrogens is 3. The number of carbonyl (C=O) groups excluding carboxylic acids is 2. The zero-order chi connectivity index (χ0) is 19.8. The van der Waals surface area contributed by atoms with Crippen molar-refractivity contribution in [2.75, 3.05) is 19.0 Å². The van der Waals surface area contributed by atoms with E-state index in [2.05, 4.69) is 15.3 Å². The molecule has 0 aliphatic carbocycles. The summed E-state index contributed by atoms with van der Waals surface area (Å²) in [5.41, 5.74) is 4.83. The van der Waals surface area contributed by atoms with Crippen LogP contribution in [-0.4, -0.2) is 45.1 Å². The fourth-order valence-electron chi connectivity index (χ4n) is 3.57. The molecule has 1 aliphatic heterocycles. The van der Waals surface area contributed by atoms with Crippen LogP contribution in [0.25, 0.3) is 11.0 Å². The normalized spacial score (nSPS) is 13.3. The summed E-state index contributed by atoms with van der Waals surface area (Å²) in [6.45, 7) is 2.83. The van der Waals surface area contributed by atoms with Gasteiger partial charge in [-0.25, -0.2) is 9.78 Å². The van der Waals surface area contributed by atoms with Crippen LogP contribution in [0.15, 0.2) is 30.6 Å². The first kappa shape index (κ1) is 18.0. The van der Waals surface area contributed by atoms with Gasteiger partial charge in [0.15, 0.2) is 0 Å². The van der Waals surface area contributed by atoms with Crippen molar-refractivity contribution in [1.29, 1.82) is 0 Å². The van der Waals surface area contributed by atoms with E-state index in [-0.39, 0.29) is 12.0 Å². The Morgan fingerprint density at radius 3 is 2.86 bits per heavy atom. The van der Waals surface area contributed by atoms with Crippen molar-refractivity contribution in [3.63, 3.8) is 0 Å². The molecule has 8 nitrogen and oxygen atoms in total. The van der Waals surface area contributed by atoms with Crippen LogP contribution >= 0.6 is 0 Å². The highest BCUT2D eigenvalue weighted by molar-refractivity contribution is 6.06. The van der Waals surface area contributed by atoms with Gasteiger partial charge in [-0.2, -0.15) is 0 Å². The summed E-state index contributed by atoms with van der Waals surface area (Å²) in [6.07, 6.45) is 3.48. The van der Waals surface area contributed by atoms with Crippen LogP contribution in [0.3, 0.4) is 0 Å². The molecule has 28 heavy (non-hydrogen) atoms. The van der Waals surface area contributed by atoms with Crippen LogP contribution in [0.4, 0.5) is 10.5 Å². The van der Waals surface area contributed by atoms with E-state index in [1.807, 2.05) is 36.7 Å². The first-order chi connectivity index (χ1) is 13.5. The van der Waals surface area contributed by atoms with Crippen molar-refractivity contribution in [3.05, 3.63) is 53.1 Å². The summed E-state index contributed by atoms with van der Waals surface area (Å²) >= 11 is 0. The largest absolute Gasteiger partial charge is 0.453 e. The van der Waals surface area contributed by atoms with E-state index in [1.54, 1.807) is 17.3 Å². The lowest BCUT2D eigenvalue weighted by molar-refractivity contribution is 0.102. The molecule has 0 saturated carbocycles. The number of hydrogen-bond donors (Lipinski definition) is 1. The molecule has 1 aliphatic rings. The standard InChI is InChI=1S/C20H21N5O3/c1-12-22-17-8-14(4-5-18(17)24(12)2)23-19(26)16-10-21-9-13-11-25(20(27)28-3)7-6-15(13)16/h4-5,8-10H,6-7,11H2,1-3H3,(H,23,26). The third-order valence-electron chi connectivity index (χ3n) is 5.18. The lowest BCUT2D eigenvalue weighted by atomic mass is 9.97. The number of imidazole rings is 1. The summed E-state index contributed by atoms with van der Waals surface area (Å²) in [4.78, 5) is 34.9. The molecule has 0 fully saturated rings. The molecule has 3 aromatic rings. The molecular formula is C20H21N5O3. The third-order valence-corrected chi connectivity index (χ3v) is 5.18. The van der Waals surface area contributed by atoms with Gasteiger partial charge >= 0.3 is 6.09 Å². The quantitative estimate of drug-likeness (QED) is 0.739. The van der Waals surface area contributed by atoms with Gasteiger partial charge in [0.05, 0.1) is 30.3 Å². The van der Waals surface area contributed by atoms with Crippen LogP contribution < -0.4 is 5.32 Å². The molecule has 0 saturated heterocycles. The molecule has 144 valence electrons. The second-order valence-corrected chi connectivity index (χ2v) is 6.84. The lowest BCUT2D eigenvalue weighted by Gasteiger charge is -2.28. The molecule has 1 aromatic carbocycles. The van der Waals surface area contributed by atoms with E-state index in [1.165, 1.54) is 7.11 Å². The van der Waals surface area contributed by atoms with E-state index >= 15 is 0 Å². The molecule has 4 rings (SSSR count). The number of aryl methyl sites for hydroxylation is 2. The molecule has 2 aromatic heterocycles. The summed E-state index contributed by atoms with van der Waals surface area (Å²) in [5.74, 6) is 0.692. The van der Waals surface area contributed by atoms with E-state index in [4.69, 9.17) is 4.74 Å². The number of carbonyl (C=O) groups is 2. The second-order valence-electron chi connectivity index (χ2n) is 6.84. The lowest BCUT2D eigenvalue weighted by Crippen LogP contribution is -2.36. The molecule has 0 atom stereocenters. The van der Waals surface area contributed by atoms with Crippen LogP contribution in [-0.2, 0) is 24.8 Å². The predicted molar refractivity (Wildman–Crippen MR) is 104 cm³/mol. The van der Waals surface area contributed by atoms with Crippen molar-refractivity contribution in [1.82, 2.24) is 19.4 Å². The number of anilines is 1. The van der Waals surface area contributed by atoms with Crippen molar-refractivity contribution in [2.45, 2.75) is 19.9 Å². The second kappa shape index (κ2) is 6.95. The first-order valence-electron chi connectivity index (χ1n) is 9.01. The van der Waals surface area contributed by atoms with E-state index < -0.39 is 0 Å². The van der Waals surface area contributed by atoms with Gasteiger partial charge < -0.3 is 19.5 Å². The van der Waals surface area contributed by atoms with Crippen molar-refractivity contribution in [3.8, 4) is 0 Å². The minimum absolute atomic E-state index is 0.220. The molecule has 0 spiro atoms. The average Bonchev–Trinajstić information content (AvgIpc) is 2.99. The molecule has 0 unspecified atom stereocenters. The number of nitrogens with one attached hydrogen (secondary N) is 1. The maximum atomic E-state index is 12.9. The Balaban J connectivity index is 1.59. The molecule has 3 heterocycles. The van der Waals surface area contributed by atoms with Gasteiger partial charge in [-0.3, -0.25) is 9.78 Å². The minimum atomic E-state index is -0.375. The monoisotopic (exact) mass is 379 g/mol. The van der Waals surface area contributed by atoms with Gasteiger partial charge in [0.25, 0.3) is 5.91 Å². The topological polar surface area (TPSA) is 89.3 Å². The molecule has 8 heteroatoms. The molecule has 0 bridgehead atoms. The van der Waals surface area contributed by atoms with Crippen LogP contribution in [0, 0.1) is 6.92 Å². The fourth-order valence-corrected chi connectivity index (χ4v) is 3.57. The van der Waals surface area contributed by atoms with Gasteiger partial charge in [-0.05, 0) is 42.7 Å². The molecule has 2 amide bonds. The summed E-state index contributed by atoms with van der Waals surface area (Å²) < 4.78 is 6.79. The molecule has 1 N–H and O–H groups in total. The smallest absolute Gasteiger partial charge is 0.409 e. The van der Waals surface area contributed by atoms with Crippen LogP contribution in [0.5, 0.6) is 0 Å². The predicted octanol–water partition coefficient (Wildman–Crippen LogP) is 2.65. The van der Waals surface area contributed by atoms with Crippen LogP contribution in [0.1, 0.15) is 27.3 Å². The number of nitrogens with zero attached hydrogens (tertiary/aromatic N) is 4. The highest BCUT2D eigenvalue weighted by Gasteiger charge is 2.25. The highest BCUT2D eigenvalue weighted by Crippen LogP contribution is 2.24. The van der Waals surface area contributed by atoms with E-state index in [0.29, 0.717) is 30.8 Å². The van der Waals surface area contributed by atoms with Crippen molar-refractivity contribution < 1.29 is 14.3 Å². The Labute approximate surface area is 162 Å². The van der Waals surface area contributed by atoms with Crippen molar-refractivity contribution in [2.24, 2.45) is 7.05 Å². The van der Waals surface area contributed by atoms with Gasteiger partial charge in [-0.1, -0.05) is 0 Å². The van der Waals surface area contributed by atoms with Gasteiger partial charge in [0.2, 0.25) is 0 Å². The number of benzene rings is 1. The molecular weight excluding hydrogens is 358 g/mol. The zero-order valence-corrected chi connectivity index (χ0v) is 16.0. The summed E-state index contributed by atoms with van der Waals surface area (Å²) in [5, 5.41) is 2.94. The number of hydrogen-bond acceptors (Lipinski definition) is 5. The first-order valence-corrected chi connectivity index (χ1v) is 9.01. The Hall–Kier alpha value is -3.42. The number of amides is 2. The fraction of sp³-hybridized carbons (Fsp3) is 0.300. The number of fused-ring (bicyclic) bond motifs is 2. The number of ether oxygens (including phenoxy) is 1. The Morgan fingerprint density at radius 1 is 1.25 bits per heavy atom. The van der Waals surface area contributed by atoms with Gasteiger partial charge in [0, 0.05) is 31.7 Å². The van der Waals surface area contributed by atoms with Gasteiger partial charge in [0.1, 0.15) is 5.82 Å². The van der Waals surface area contributed by atoms with Crippen LogP contribution in [0.2, 0.25) is 0 Å². The highest BCUT2D eigenvalue weighted by atomic mass is 16.5. The van der Waals surface area contributed by atoms with E-state index in [9.17, 15) is 9.59 Å². The number of rotatable bonds is 2. The summed E-state index contributed by atoms with van der Waals surface area (Å²) in [6, 6.07) is 5.67. The number of methoxy groups -OCH3 is 1. The Bertz CT molecular complexity index is 1090. The summed E-state index contributed by atoms with van der Waals surface area (Å²) in [7, 11) is 3.32. The van der Waals surface area contributed by atoms with Gasteiger partial charge in [-0.15, -0.1) is 0 Å². The Morgan fingerprint density at radius 2 is 2.07 bits per heavy atom. The van der Waals surface area contributed by atoms with E-state index in [0.717, 1.165) is 28.0 Å². The van der Waals surface area contributed by atoms with Crippen molar-refractivity contribution >= 4 is 28.7 Å². The Kier molecular flexibility index (Phi) is 4.46. The SMILES string of the molecule is COC(=O)N1CCc2c(cncc2C(=O)Nc2ccc3c(c2)nc(C)n3C)C1. The molecule has 0 radical (unpaired) electrons. The maximum Gasteiger partial charge on any atom is 0.409 e. The maximum absolute atomic E-state index is 12.9. The third kappa shape index (κ3) is 3.06. The number of pyridine rings is 1. The average molecular weight is 379 g/mol. The minimum Gasteiger partial charge on any atom is -0.453 e.